The quantitative estimate of drug-likeness (QED) is 0.131. The average Bonchev–Trinajstić information content (AvgIpc) is 4.03. The molecule has 0 radical (unpaired) electrons. The summed E-state index contributed by atoms with van der Waals surface area (Å²) in [6.07, 6.45) is 4.39. The number of aromatic carboxylic acids is 1. The summed E-state index contributed by atoms with van der Waals surface area (Å²) in [5.74, 6) is 0.496. The Hall–Kier alpha value is -8.10. The highest BCUT2D eigenvalue weighted by atomic mass is 16.5. The highest BCUT2D eigenvalue weighted by molar-refractivity contribution is 5.91. The van der Waals surface area contributed by atoms with Crippen molar-refractivity contribution in [3.05, 3.63) is 214 Å². The maximum atomic E-state index is 11.7. The van der Waals surface area contributed by atoms with Gasteiger partial charge in [0.2, 0.25) is 0 Å². The molecule has 2 aromatic heterocycles. The number of carbonyl (C=O) groups excluding carboxylic acids is 1. The summed E-state index contributed by atoms with van der Waals surface area (Å²) in [5.41, 5.74) is 17.4. The molecule has 0 aliphatic carbocycles. The van der Waals surface area contributed by atoms with Crippen molar-refractivity contribution in [1.29, 1.82) is 0 Å². The number of methoxy groups -OCH3 is 1. The summed E-state index contributed by atoms with van der Waals surface area (Å²) in [5, 5.41) is 9.12. The molecule has 4 heterocycles. The van der Waals surface area contributed by atoms with Gasteiger partial charge in [0.25, 0.3) is 0 Å². The van der Waals surface area contributed by atoms with E-state index < -0.39 is 11.6 Å². The van der Waals surface area contributed by atoms with Crippen LogP contribution in [0.25, 0.3) is 56.2 Å². The monoisotopic (exact) mass is 884 g/mol. The number of H-pyrrole nitrogens is 2. The van der Waals surface area contributed by atoms with Crippen molar-refractivity contribution in [2.75, 3.05) is 7.11 Å². The summed E-state index contributed by atoms with van der Waals surface area (Å²) in [6.45, 7) is 12.5. The smallest absolute Gasteiger partial charge is 0.337 e. The molecular weight excluding hydrogens is 833 g/mol. The number of fused-ring (bicyclic) bond motifs is 2. The minimum Gasteiger partial charge on any atom is -0.483 e. The molecule has 0 saturated heterocycles. The van der Waals surface area contributed by atoms with Crippen LogP contribution in [0.2, 0.25) is 0 Å². The predicted octanol–water partition coefficient (Wildman–Crippen LogP) is 14.0. The van der Waals surface area contributed by atoms with E-state index in [-0.39, 0.29) is 17.1 Å². The van der Waals surface area contributed by atoms with Gasteiger partial charge in [0.1, 0.15) is 22.7 Å². The van der Waals surface area contributed by atoms with E-state index in [2.05, 4.69) is 155 Å². The molecule has 8 heteroatoms. The first kappa shape index (κ1) is 44.1. The molecule has 10 rings (SSSR count). The summed E-state index contributed by atoms with van der Waals surface area (Å²) >= 11 is 0. The number of nitrogens with one attached hydrogen (secondary N) is 2. The van der Waals surface area contributed by atoms with E-state index >= 15 is 0 Å². The van der Waals surface area contributed by atoms with Gasteiger partial charge in [-0.05, 0) is 183 Å². The van der Waals surface area contributed by atoms with E-state index in [1.807, 2.05) is 42.5 Å². The molecule has 6 aromatic carbocycles. The molecule has 0 fully saturated rings. The molecule has 0 spiro atoms. The lowest BCUT2D eigenvalue weighted by Crippen LogP contribution is -2.29. The Morgan fingerprint density at radius 2 is 0.806 bits per heavy atom. The molecule has 2 aliphatic heterocycles. The summed E-state index contributed by atoms with van der Waals surface area (Å²) in [6, 6.07) is 52.3. The van der Waals surface area contributed by atoms with Crippen LogP contribution in [-0.2, 0) is 4.74 Å². The van der Waals surface area contributed by atoms with Crippen LogP contribution in [0.3, 0.4) is 0 Å². The number of aryl methyl sites for hydroxylation is 2. The van der Waals surface area contributed by atoms with Gasteiger partial charge in [-0.1, -0.05) is 83.9 Å². The van der Waals surface area contributed by atoms with Crippen LogP contribution in [0.4, 0.5) is 0 Å². The number of carbonyl (C=O) groups is 2. The lowest BCUT2D eigenvalue weighted by Gasteiger charge is -2.31. The number of ether oxygens (including phenoxy) is 3. The summed E-state index contributed by atoms with van der Waals surface area (Å²) < 4.78 is 17.3. The first-order chi connectivity index (χ1) is 32.1. The van der Waals surface area contributed by atoms with Crippen molar-refractivity contribution in [2.45, 2.75) is 52.7 Å². The number of benzene rings is 6. The van der Waals surface area contributed by atoms with Gasteiger partial charge < -0.3 is 29.3 Å². The molecular formula is C59H52N2O6. The van der Waals surface area contributed by atoms with Gasteiger partial charge in [0, 0.05) is 33.9 Å². The Kier molecular flexibility index (Phi) is 11.7. The van der Waals surface area contributed by atoms with Gasteiger partial charge in [-0.2, -0.15) is 0 Å². The molecule has 0 unspecified atom stereocenters. The van der Waals surface area contributed by atoms with E-state index in [1.165, 1.54) is 40.5 Å². The van der Waals surface area contributed by atoms with E-state index in [4.69, 9.17) is 19.3 Å². The fraction of sp³-hybridized carbons (Fsp3) is 0.153. The molecule has 0 saturated carbocycles. The third-order valence-corrected chi connectivity index (χ3v) is 12.0. The fourth-order valence-electron chi connectivity index (χ4n) is 8.57. The Labute approximate surface area is 391 Å². The van der Waals surface area contributed by atoms with Gasteiger partial charge in [-0.3, -0.25) is 0 Å². The van der Waals surface area contributed by atoms with Crippen molar-refractivity contribution >= 4 is 23.1 Å². The molecule has 334 valence electrons. The molecule has 67 heavy (non-hydrogen) atoms. The number of aromatic amines is 2. The van der Waals surface area contributed by atoms with Crippen LogP contribution in [0.5, 0.6) is 11.5 Å². The number of esters is 1. The van der Waals surface area contributed by atoms with Crippen LogP contribution in [-0.4, -0.2) is 45.3 Å². The second kappa shape index (κ2) is 17.7. The normalized spacial score (nSPS) is 14.1. The van der Waals surface area contributed by atoms with Gasteiger partial charge >= 0.3 is 11.9 Å². The molecule has 8 nitrogen and oxygen atoms in total. The van der Waals surface area contributed by atoms with Crippen molar-refractivity contribution in [2.24, 2.45) is 0 Å². The summed E-state index contributed by atoms with van der Waals surface area (Å²) in [7, 11) is 1.39. The molecule has 8 aromatic rings. The zero-order valence-corrected chi connectivity index (χ0v) is 38.7. The molecule has 0 bridgehead atoms. The Morgan fingerprint density at radius 3 is 1.18 bits per heavy atom. The number of carboxylic acids is 1. The second-order valence-corrected chi connectivity index (χ2v) is 18.2. The number of carboxylic acid groups (broad SMARTS) is 1. The first-order valence-electron chi connectivity index (χ1n) is 22.3. The maximum absolute atomic E-state index is 11.7. The highest BCUT2D eigenvalue weighted by Gasteiger charge is 2.29. The van der Waals surface area contributed by atoms with Crippen molar-refractivity contribution in [3.8, 4) is 56.5 Å². The topological polar surface area (TPSA) is 114 Å². The average molecular weight is 885 g/mol. The third-order valence-electron chi connectivity index (χ3n) is 12.0. The first-order valence-corrected chi connectivity index (χ1v) is 22.3. The molecule has 2 aliphatic rings. The van der Waals surface area contributed by atoms with Crippen LogP contribution >= 0.6 is 0 Å². The largest absolute Gasteiger partial charge is 0.483 e. The van der Waals surface area contributed by atoms with Crippen molar-refractivity contribution in [3.63, 3.8) is 0 Å². The Morgan fingerprint density at radius 1 is 0.463 bits per heavy atom. The van der Waals surface area contributed by atoms with E-state index in [0.717, 1.165) is 67.7 Å². The van der Waals surface area contributed by atoms with Gasteiger partial charge in [0.15, 0.2) is 0 Å². The Bertz CT molecular complexity index is 3200. The van der Waals surface area contributed by atoms with E-state index in [0.29, 0.717) is 5.56 Å². The lowest BCUT2D eigenvalue weighted by molar-refractivity contribution is 0.0599. The zero-order chi connectivity index (χ0) is 47.0. The van der Waals surface area contributed by atoms with E-state index in [1.54, 1.807) is 24.3 Å². The maximum Gasteiger partial charge on any atom is 0.337 e. The zero-order valence-electron chi connectivity index (χ0n) is 38.7. The van der Waals surface area contributed by atoms with Crippen LogP contribution in [0, 0.1) is 13.8 Å². The standard InChI is InChI=1S/C30H27NO3.C29H25NO3/c1-19-5-7-20(8-6-19)25-18-30(2,3)34-28-16-13-23(17-24(25)28)27-15-14-26(31-27)21-9-11-22(12-10-21)29(32)33-4;1-18-4-6-19(7-5-18)24-17-29(2,3)33-27-15-12-22(16-23(24)27)26-14-13-25(30-26)20-8-10-21(11-9-20)28(31)32/h5-18,31H,1-4H3;4-17,30H,1-3H3,(H,31,32). The lowest BCUT2D eigenvalue weighted by atomic mass is 9.88. The minimum atomic E-state index is -0.925. The number of hydrogen-bond donors (Lipinski definition) is 3. The molecule has 0 atom stereocenters. The van der Waals surface area contributed by atoms with Gasteiger partial charge in [-0.25, -0.2) is 9.59 Å². The molecule has 3 N–H and O–H groups in total. The fourth-order valence-corrected chi connectivity index (χ4v) is 8.57. The number of rotatable bonds is 8. The van der Waals surface area contributed by atoms with E-state index in [9.17, 15) is 9.59 Å². The predicted molar refractivity (Wildman–Crippen MR) is 268 cm³/mol. The molecule has 0 amide bonds. The van der Waals surface area contributed by atoms with Crippen LogP contribution in [0.15, 0.2) is 170 Å². The Balaban J connectivity index is 0.000000168. The van der Waals surface area contributed by atoms with Gasteiger partial charge in [0.05, 0.1) is 18.2 Å². The summed E-state index contributed by atoms with van der Waals surface area (Å²) in [4.78, 5) is 29.8. The number of hydrogen-bond acceptors (Lipinski definition) is 5. The highest BCUT2D eigenvalue weighted by Crippen LogP contribution is 2.43. The van der Waals surface area contributed by atoms with Crippen molar-refractivity contribution in [1.82, 2.24) is 9.97 Å². The third kappa shape index (κ3) is 9.51. The van der Waals surface area contributed by atoms with Crippen LogP contribution in [0.1, 0.15) is 81.8 Å². The SMILES string of the molecule is COC(=O)c1ccc(-c2ccc(-c3ccc4c(c3)C(c3ccc(C)cc3)=CC(C)(C)O4)[nH]2)cc1.Cc1ccc(C2=CC(C)(C)Oc3ccc(-c4ccc(-c5ccc(C(=O)O)cc5)[nH]4)cc32)cc1. The van der Waals surface area contributed by atoms with Crippen LogP contribution < -0.4 is 9.47 Å². The minimum absolute atomic E-state index is 0.276. The number of aromatic nitrogens is 2. The second-order valence-electron chi connectivity index (χ2n) is 18.2. The van der Waals surface area contributed by atoms with Crippen molar-refractivity contribution < 1.29 is 28.9 Å². The van der Waals surface area contributed by atoms with Gasteiger partial charge in [-0.15, -0.1) is 0 Å².